The van der Waals surface area contributed by atoms with Crippen LogP contribution in [0.4, 0.5) is 0 Å². The summed E-state index contributed by atoms with van der Waals surface area (Å²) in [6, 6.07) is 0. The van der Waals surface area contributed by atoms with Gasteiger partial charge in [0.15, 0.2) is 6.10 Å². The number of rotatable bonds is 38. The molecule has 0 saturated carbocycles. The van der Waals surface area contributed by atoms with E-state index in [2.05, 4.69) is 86.8 Å². The Balaban J connectivity index is 3.63. The van der Waals surface area contributed by atoms with Crippen LogP contribution in [-0.4, -0.2) is 36.4 Å². The molecule has 0 aliphatic rings. The molecule has 0 bridgehead atoms. The maximum absolute atomic E-state index is 12.2. The Morgan fingerprint density at radius 2 is 0.769 bits per heavy atom. The van der Waals surface area contributed by atoms with Crippen LogP contribution in [0.5, 0.6) is 0 Å². The lowest BCUT2D eigenvalue weighted by atomic mass is 10.1. The molecular formula is C47H80O5. The van der Waals surface area contributed by atoms with Crippen molar-refractivity contribution in [2.75, 3.05) is 13.2 Å². The van der Waals surface area contributed by atoms with E-state index in [0.717, 1.165) is 70.6 Å². The zero-order valence-electron chi connectivity index (χ0n) is 33.8. The van der Waals surface area contributed by atoms with Gasteiger partial charge < -0.3 is 14.6 Å². The van der Waals surface area contributed by atoms with Gasteiger partial charge in [-0.2, -0.15) is 0 Å². The average Bonchev–Trinajstić information content (AvgIpc) is 3.15. The second-order valence-electron chi connectivity index (χ2n) is 14.1. The first-order valence-electron chi connectivity index (χ1n) is 21.5. The molecule has 1 N–H and O–H groups in total. The Morgan fingerprint density at radius 3 is 1.17 bits per heavy atom. The summed E-state index contributed by atoms with van der Waals surface area (Å²) >= 11 is 0. The van der Waals surface area contributed by atoms with E-state index in [1.54, 1.807) is 0 Å². The summed E-state index contributed by atoms with van der Waals surface area (Å²) in [5.74, 6) is -0.635. The molecule has 0 spiro atoms. The number of carbonyl (C=O) groups is 2. The van der Waals surface area contributed by atoms with Crippen molar-refractivity contribution in [3.63, 3.8) is 0 Å². The second-order valence-corrected chi connectivity index (χ2v) is 14.1. The molecule has 0 radical (unpaired) electrons. The lowest BCUT2D eigenvalue weighted by Gasteiger charge is -2.15. The standard InChI is InChI=1S/C47H80O5/c1-3-5-7-9-11-13-15-17-19-21-23-25-27-29-31-33-35-37-39-41-46(49)51-44-45(43-48)52-47(50)42-40-38-36-34-32-30-28-26-24-22-20-18-16-14-12-10-8-6-4-2/h11-14,17-20,23,25,29,31,45,48H,3-10,15-16,21-22,24,26-28,30,32-44H2,1-2H3/t45-/m0/s1. The minimum atomic E-state index is -0.790. The molecule has 0 aromatic carbocycles. The Morgan fingerprint density at radius 1 is 0.442 bits per heavy atom. The fraction of sp³-hybridized carbons (Fsp3) is 0.702. The monoisotopic (exact) mass is 725 g/mol. The van der Waals surface area contributed by atoms with Crippen LogP contribution in [0.1, 0.15) is 194 Å². The van der Waals surface area contributed by atoms with Crippen LogP contribution >= 0.6 is 0 Å². The maximum atomic E-state index is 12.2. The minimum absolute atomic E-state index is 0.0872. The van der Waals surface area contributed by atoms with Crippen molar-refractivity contribution in [2.45, 2.75) is 200 Å². The van der Waals surface area contributed by atoms with E-state index in [4.69, 9.17) is 9.47 Å². The second kappa shape index (κ2) is 42.8. The van der Waals surface area contributed by atoms with E-state index < -0.39 is 6.10 Å². The molecule has 0 aliphatic carbocycles. The van der Waals surface area contributed by atoms with Crippen molar-refractivity contribution in [2.24, 2.45) is 0 Å². The van der Waals surface area contributed by atoms with Gasteiger partial charge in [0.1, 0.15) is 6.61 Å². The van der Waals surface area contributed by atoms with Crippen LogP contribution < -0.4 is 0 Å². The highest BCUT2D eigenvalue weighted by atomic mass is 16.6. The van der Waals surface area contributed by atoms with Gasteiger partial charge in [0.05, 0.1) is 6.61 Å². The van der Waals surface area contributed by atoms with Gasteiger partial charge in [-0.25, -0.2) is 0 Å². The highest BCUT2D eigenvalue weighted by Gasteiger charge is 2.16. The smallest absolute Gasteiger partial charge is 0.306 e. The van der Waals surface area contributed by atoms with Crippen LogP contribution in [-0.2, 0) is 19.1 Å². The molecule has 298 valence electrons. The van der Waals surface area contributed by atoms with E-state index in [1.165, 1.54) is 96.3 Å². The molecular weight excluding hydrogens is 645 g/mol. The van der Waals surface area contributed by atoms with E-state index in [0.29, 0.717) is 12.8 Å². The lowest BCUT2D eigenvalue weighted by molar-refractivity contribution is -0.161. The van der Waals surface area contributed by atoms with E-state index in [-0.39, 0.29) is 25.2 Å². The number of carbonyl (C=O) groups excluding carboxylic acids is 2. The summed E-state index contributed by atoms with van der Waals surface area (Å²) in [5.41, 5.74) is 0. The van der Waals surface area contributed by atoms with Gasteiger partial charge in [0, 0.05) is 12.8 Å². The van der Waals surface area contributed by atoms with Gasteiger partial charge in [-0.05, 0) is 89.9 Å². The number of unbranched alkanes of at least 4 members (excludes halogenated alkanes) is 18. The Hall–Kier alpha value is -2.66. The SMILES string of the molecule is CCCCCC=CCC=CCC=CCC=CCCCCCC(=O)OC[C@H](CO)OC(=O)CCCCCCCCCCCC=CCC=CCCCCC. The topological polar surface area (TPSA) is 72.8 Å². The van der Waals surface area contributed by atoms with Crippen LogP contribution in [0.2, 0.25) is 0 Å². The van der Waals surface area contributed by atoms with Gasteiger partial charge in [-0.3, -0.25) is 9.59 Å². The van der Waals surface area contributed by atoms with Gasteiger partial charge >= 0.3 is 11.9 Å². The first-order valence-corrected chi connectivity index (χ1v) is 21.5. The molecule has 5 heteroatoms. The average molecular weight is 725 g/mol. The number of aliphatic hydroxyl groups excluding tert-OH is 1. The zero-order valence-corrected chi connectivity index (χ0v) is 33.8. The first kappa shape index (κ1) is 49.3. The summed E-state index contributed by atoms with van der Waals surface area (Å²) < 4.78 is 10.6. The maximum Gasteiger partial charge on any atom is 0.306 e. The van der Waals surface area contributed by atoms with E-state index in [9.17, 15) is 14.7 Å². The number of esters is 2. The summed E-state index contributed by atoms with van der Waals surface area (Å²) in [5, 5.41) is 9.58. The Bertz CT molecular complexity index is 957. The molecule has 0 heterocycles. The molecule has 0 saturated heterocycles. The Labute approximate surface area is 321 Å². The Kier molecular flexibility index (Phi) is 40.6. The summed E-state index contributed by atoms with van der Waals surface area (Å²) in [6.45, 7) is 4.05. The fourth-order valence-corrected chi connectivity index (χ4v) is 5.68. The van der Waals surface area contributed by atoms with Crippen molar-refractivity contribution in [1.82, 2.24) is 0 Å². The number of hydrogen-bond acceptors (Lipinski definition) is 5. The van der Waals surface area contributed by atoms with Gasteiger partial charge in [-0.1, -0.05) is 164 Å². The highest BCUT2D eigenvalue weighted by molar-refractivity contribution is 5.70. The molecule has 0 unspecified atom stereocenters. The summed E-state index contributed by atoms with van der Waals surface area (Å²) in [4.78, 5) is 24.3. The van der Waals surface area contributed by atoms with Crippen molar-refractivity contribution in [3.8, 4) is 0 Å². The van der Waals surface area contributed by atoms with Gasteiger partial charge in [0.25, 0.3) is 0 Å². The van der Waals surface area contributed by atoms with Crippen LogP contribution in [0.15, 0.2) is 72.9 Å². The third-order valence-electron chi connectivity index (χ3n) is 8.97. The molecule has 5 nitrogen and oxygen atoms in total. The normalized spacial score (nSPS) is 12.9. The minimum Gasteiger partial charge on any atom is -0.462 e. The number of hydrogen-bond donors (Lipinski definition) is 1. The van der Waals surface area contributed by atoms with Crippen molar-refractivity contribution < 1.29 is 24.2 Å². The molecule has 52 heavy (non-hydrogen) atoms. The molecule has 0 amide bonds. The number of allylic oxidation sites excluding steroid dienone is 12. The van der Waals surface area contributed by atoms with E-state index in [1.807, 2.05) is 0 Å². The summed E-state index contributed by atoms with van der Waals surface area (Å²) in [6.07, 6.45) is 56.8. The first-order chi connectivity index (χ1) is 25.6. The molecule has 0 aliphatic heterocycles. The van der Waals surface area contributed by atoms with Gasteiger partial charge in [-0.15, -0.1) is 0 Å². The number of aliphatic hydroxyl groups is 1. The largest absolute Gasteiger partial charge is 0.462 e. The van der Waals surface area contributed by atoms with Gasteiger partial charge in [0.2, 0.25) is 0 Å². The summed E-state index contributed by atoms with van der Waals surface area (Å²) in [7, 11) is 0. The fourth-order valence-electron chi connectivity index (χ4n) is 5.68. The molecule has 1 atom stereocenters. The zero-order chi connectivity index (χ0) is 37.8. The van der Waals surface area contributed by atoms with E-state index >= 15 is 0 Å². The lowest BCUT2D eigenvalue weighted by Crippen LogP contribution is -2.28. The molecule has 0 fully saturated rings. The van der Waals surface area contributed by atoms with Crippen LogP contribution in [0.25, 0.3) is 0 Å². The number of ether oxygens (including phenoxy) is 2. The van der Waals surface area contributed by atoms with Crippen LogP contribution in [0.3, 0.4) is 0 Å². The predicted octanol–water partition coefficient (Wildman–Crippen LogP) is 13.7. The third-order valence-corrected chi connectivity index (χ3v) is 8.97. The quantitative estimate of drug-likeness (QED) is 0.0390. The predicted molar refractivity (Wildman–Crippen MR) is 223 cm³/mol. The third kappa shape index (κ3) is 40.1. The highest BCUT2D eigenvalue weighted by Crippen LogP contribution is 2.13. The van der Waals surface area contributed by atoms with Crippen LogP contribution in [0, 0.1) is 0 Å². The molecule has 0 rings (SSSR count). The van der Waals surface area contributed by atoms with Crippen molar-refractivity contribution in [3.05, 3.63) is 72.9 Å². The molecule has 0 aromatic rings. The van der Waals surface area contributed by atoms with Crippen molar-refractivity contribution in [1.29, 1.82) is 0 Å². The molecule has 0 aromatic heterocycles. The van der Waals surface area contributed by atoms with Crippen molar-refractivity contribution >= 4 is 11.9 Å².